The number of carbonyl (C=O) groups is 5. The zero-order chi connectivity index (χ0) is 53.5. The second kappa shape index (κ2) is 19.5. The normalized spacial score (nSPS) is 22.5. The van der Waals surface area contributed by atoms with Crippen LogP contribution in [0.5, 0.6) is 0 Å². The minimum atomic E-state index is -0.653. The predicted octanol–water partition coefficient (Wildman–Crippen LogP) is 5.46. The van der Waals surface area contributed by atoms with Crippen molar-refractivity contribution in [3.63, 3.8) is 0 Å². The Bertz CT molecular complexity index is 3310. The summed E-state index contributed by atoms with van der Waals surface area (Å²) in [5, 5.41) is 17.1. The number of aromatic nitrogens is 4. The molecule has 5 aromatic rings. The molecule has 3 aromatic heterocycles. The Morgan fingerprint density at radius 1 is 0.882 bits per heavy atom. The van der Waals surface area contributed by atoms with Crippen molar-refractivity contribution in [3.8, 4) is 11.3 Å². The van der Waals surface area contributed by atoms with Gasteiger partial charge in [0, 0.05) is 136 Å². The van der Waals surface area contributed by atoms with Crippen LogP contribution in [0.15, 0.2) is 78.4 Å². The molecule has 3 saturated heterocycles. The number of amides is 5. The number of aliphatic hydroxyl groups is 1. The van der Waals surface area contributed by atoms with Gasteiger partial charge in [0.15, 0.2) is 5.82 Å². The summed E-state index contributed by atoms with van der Waals surface area (Å²) in [5.41, 5.74) is 8.60. The molecular formula is C57H66N12O7. The fraction of sp³-hybridized carbons (Fsp3) is 0.439. The van der Waals surface area contributed by atoms with Gasteiger partial charge in [-0.1, -0.05) is 26.5 Å². The first-order chi connectivity index (χ1) is 36.4. The lowest BCUT2D eigenvalue weighted by Gasteiger charge is -2.48. The van der Waals surface area contributed by atoms with Gasteiger partial charge in [0.2, 0.25) is 11.8 Å². The summed E-state index contributed by atoms with van der Waals surface area (Å²) < 4.78 is 3.56. The zero-order valence-electron chi connectivity index (χ0n) is 44.1. The molecule has 2 unspecified atom stereocenters. The summed E-state index contributed by atoms with van der Waals surface area (Å²) in [6.45, 7) is 16.6. The SMILES string of the molecule is C=CC(=O)Nc1cc(Nc2nc(-c3ccnc(N4CCn5c(cc6c5CC(C)(C)C6)C4=O)c3CO)cn(C)c2=O)ccc1N1CCN(C2CCN(c3cccc4c3CN(C3CCC(=O)N(C)C3=O)C4=O)[C@@H](C)C2)C[C@@H]1C. The molecule has 396 valence electrons. The number of benzene rings is 2. The Hall–Kier alpha value is -7.64. The van der Waals surface area contributed by atoms with Crippen LogP contribution in [0, 0.1) is 5.41 Å². The molecule has 0 spiro atoms. The Labute approximate surface area is 441 Å². The Morgan fingerprint density at radius 2 is 1.68 bits per heavy atom. The summed E-state index contributed by atoms with van der Waals surface area (Å²) >= 11 is 0. The van der Waals surface area contributed by atoms with Crippen LogP contribution >= 0.6 is 0 Å². The van der Waals surface area contributed by atoms with Crippen molar-refractivity contribution in [2.24, 2.45) is 12.5 Å². The van der Waals surface area contributed by atoms with Gasteiger partial charge in [-0.25, -0.2) is 9.97 Å². The van der Waals surface area contributed by atoms with E-state index < -0.39 is 18.2 Å². The minimum absolute atomic E-state index is 0.0254. The molecule has 3 N–H and O–H groups in total. The highest BCUT2D eigenvalue weighted by atomic mass is 16.3. The van der Waals surface area contributed by atoms with Crippen molar-refractivity contribution in [1.82, 2.24) is 33.8 Å². The van der Waals surface area contributed by atoms with Gasteiger partial charge in [-0.2, -0.15) is 0 Å². The molecule has 4 atom stereocenters. The second-order valence-corrected chi connectivity index (χ2v) is 22.2. The number of nitrogens with one attached hydrogen (secondary N) is 2. The van der Waals surface area contributed by atoms with Gasteiger partial charge >= 0.3 is 0 Å². The largest absolute Gasteiger partial charge is 0.392 e. The molecule has 5 amide bonds. The minimum Gasteiger partial charge on any atom is -0.392 e. The molecule has 2 aromatic carbocycles. The Morgan fingerprint density at radius 3 is 2.45 bits per heavy atom. The number of nitrogens with zero attached hydrogens (tertiary/aromatic N) is 10. The molecule has 76 heavy (non-hydrogen) atoms. The van der Waals surface area contributed by atoms with Crippen LogP contribution < -0.4 is 30.9 Å². The van der Waals surface area contributed by atoms with Crippen molar-refractivity contribution < 1.29 is 29.1 Å². The van der Waals surface area contributed by atoms with E-state index in [-0.39, 0.29) is 59.3 Å². The molecule has 8 heterocycles. The van der Waals surface area contributed by atoms with E-state index in [2.05, 4.69) is 75.2 Å². The van der Waals surface area contributed by atoms with Gasteiger partial charge in [-0.05, 0) is 105 Å². The van der Waals surface area contributed by atoms with E-state index in [9.17, 15) is 33.9 Å². The lowest BCUT2D eigenvalue weighted by atomic mass is 9.90. The standard InChI is InChI=1S/C57H66N12O7/c1-8-49(71)60-42-26-36(59-51-56(76)62(6)31-43(61-51)38-16-18-58-52(41(38)32-70)68-23-22-67-47(55(68)75)25-35-27-57(4,5)28-48(35)67)12-13-45(42)66-21-20-64(29-34(66)3)37-17-19-65(33(2)24-37)44-11-9-10-39-40(44)30-69(53(39)73)46-14-15-50(72)63(7)54(46)74/h8-13,16,18,25-26,31,33-34,37,46,70H,1,14-15,17,19-24,27-30,32H2,2-7H3,(H,59,61)(H,60,71)/t33-,34-,37?,46?/m0/s1. The maximum atomic E-state index is 14.1. The number of hydrogen-bond donors (Lipinski definition) is 3. The van der Waals surface area contributed by atoms with E-state index in [4.69, 9.17) is 4.98 Å². The second-order valence-electron chi connectivity index (χ2n) is 22.2. The molecule has 0 radical (unpaired) electrons. The quantitative estimate of drug-likeness (QED) is 0.111. The van der Waals surface area contributed by atoms with Crippen molar-refractivity contribution in [2.75, 3.05) is 65.1 Å². The Balaban J connectivity index is 0.780. The number of hydrogen-bond acceptors (Lipinski definition) is 13. The van der Waals surface area contributed by atoms with Gasteiger partial charge in [-0.15, -0.1) is 0 Å². The van der Waals surface area contributed by atoms with E-state index in [1.54, 1.807) is 41.4 Å². The Kier molecular flexibility index (Phi) is 13.0. The first-order valence-corrected chi connectivity index (χ1v) is 26.5. The molecule has 0 bridgehead atoms. The molecule has 5 aliphatic heterocycles. The highest BCUT2D eigenvalue weighted by Crippen LogP contribution is 2.42. The molecule has 11 rings (SSSR count). The van der Waals surface area contributed by atoms with Crippen LogP contribution in [0.3, 0.4) is 0 Å². The molecule has 19 heteroatoms. The van der Waals surface area contributed by atoms with Gasteiger partial charge < -0.3 is 39.6 Å². The highest BCUT2D eigenvalue weighted by Gasteiger charge is 2.44. The van der Waals surface area contributed by atoms with Crippen molar-refractivity contribution in [2.45, 2.75) is 110 Å². The lowest BCUT2D eigenvalue weighted by molar-refractivity contribution is -0.150. The number of aliphatic hydroxyl groups excluding tert-OH is 1. The lowest BCUT2D eigenvalue weighted by Crippen LogP contribution is -2.58. The van der Waals surface area contributed by atoms with E-state index in [0.717, 1.165) is 67.2 Å². The van der Waals surface area contributed by atoms with E-state index in [0.29, 0.717) is 83.9 Å². The van der Waals surface area contributed by atoms with E-state index in [1.807, 2.05) is 30.3 Å². The number of likely N-dealkylation sites (N-methyl/N-ethyl adjacent to an activating group) is 1. The highest BCUT2D eigenvalue weighted by molar-refractivity contribution is 6.07. The first kappa shape index (κ1) is 50.5. The third-order valence-electron chi connectivity index (χ3n) is 16.7. The monoisotopic (exact) mass is 1030 g/mol. The number of piperazine rings is 1. The number of rotatable bonds is 11. The number of fused-ring (bicyclic) bond motifs is 4. The summed E-state index contributed by atoms with van der Waals surface area (Å²) in [6, 6.07) is 15.1. The fourth-order valence-corrected chi connectivity index (χ4v) is 12.9. The van der Waals surface area contributed by atoms with Crippen LogP contribution in [0.25, 0.3) is 11.3 Å². The van der Waals surface area contributed by atoms with Crippen molar-refractivity contribution in [3.05, 3.63) is 118 Å². The predicted molar refractivity (Wildman–Crippen MR) is 290 cm³/mol. The molecule has 1 aliphatic carbocycles. The smallest absolute Gasteiger partial charge is 0.293 e. The van der Waals surface area contributed by atoms with Crippen LogP contribution in [0.2, 0.25) is 0 Å². The molecule has 6 aliphatic rings. The average Bonchev–Trinajstić information content (AvgIpc) is 4.08. The number of anilines is 6. The molecule has 3 fully saturated rings. The number of aryl methyl sites for hydroxylation is 1. The van der Waals surface area contributed by atoms with Gasteiger partial charge in [0.25, 0.3) is 23.3 Å². The first-order valence-electron chi connectivity index (χ1n) is 26.5. The summed E-state index contributed by atoms with van der Waals surface area (Å²) in [5.74, 6) is -0.893. The summed E-state index contributed by atoms with van der Waals surface area (Å²) in [6.07, 6.45) is 8.67. The van der Waals surface area contributed by atoms with Gasteiger partial charge in [0.05, 0.1) is 23.7 Å². The molecule has 0 saturated carbocycles. The molecular weight excluding hydrogens is 965 g/mol. The van der Waals surface area contributed by atoms with Crippen LogP contribution in [0.4, 0.5) is 34.4 Å². The maximum absolute atomic E-state index is 14.1. The average molecular weight is 1030 g/mol. The topological polar surface area (TPSA) is 202 Å². The number of pyridine rings is 1. The van der Waals surface area contributed by atoms with Crippen LogP contribution in [0.1, 0.15) is 96.6 Å². The maximum Gasteiger partial charge on any atom is 0.293 e. The summed E-state index contributed by atoms with van der Waals surface area (Å²) in [4.78, 5) is 101. The van der Waals surface area contributed by atoms with Crippen LogP contribution in [-0.4, -0.2) is 132 Å². The number of piperidine rings is 2. The number of carbonyl (C=O) groups excluding carboxylic acids is 5. The number of likely N-dealkylation sites (tertiary alicyclic amines) is 1. The van der Waals surface area contributed by atoms with Gasteiger partial charge in [0.1, 0.15) is 17.6 Å². The van der Waals surface area contributed by atoms with Crippen molar-refractivity contribution >= 4 is 63.9 Å². The van der Waals surface area contributed by atoms with Gasteiger partial charge in [-0.3, -0.25) is 43.5 Å². The van der Waals surface area contributed by atoms with Crippen LogP contribution in [-0.2, 0) is 54.0 Å². The fourth-order valence-electron chi connectivity index (χ4n) is 12.9. The van der Waals surface area contributed by atoms with E-state index in [1.165, 1.54) is 28.9 Å². The third-order valence-corrected chi connectivity index (χ3v) is 16.7. The number of imide groups is 1. The summed E-state index contributed by atoms with van der Waals surface area (Å²) in [7, 11) is 3.12. The van der Waals surface area contributed by atoms with Crippen molar-refractivity contribution in [1.29, 1.82) is 0 Å². The van der Waals surface area contributed by atoms with E-state index >= 15 is 0 Å². The third kappa shape index (κ3) is 8.81. The zero-order valence-corrected chi connectivity index (χ0v) is 44.1. The molecule has 19 nitrogen and oxygen atoms in total.